The number of nitrogens with one attached hydrogen (secondary N) is 2. The zero-order chi connectivity index (χ0) is 30.7. The lowest BCUT2D eigenvalue weighted by Gasteiger charge is -2.35. The number of rotatable bonds is 8. The minimum Gasteiger partial charge on any atom is -0.334 e. The second kappa shape index (κ2) is 14.4. The molecular formula is C36H32N4O4. The molecule has 44 heavy (non-hydrogen) atoms. The topological polar surface area (TPSA) is 98.8 Å². The number of carbonyl (C=O) groups excluding carboxylic acids is 4. The molecule has 0 saturated carbocycles. The average Bonchev–Trinajstić information content (AvgIpc) is 3.08. The summed E-state index contributed by atoms with van der Waals surface area (Å²) >= 11 is 0. The number of nitrogens with zero attached hydrogens (tertiary/aromatic N) is 2. The minimum atomic E-state index is -0.389. The summed E-state index contributed by atoms with van der Waals surface area (Å²) in [6, 6.07) is 36.0. The van der Waals surface area contributed by atoms with E-state index in [4.69, 9.17) is 0 Å². The van der Waals surface area contributed by atoms with E-state index < -0.39 is 0 Å². The third-order valence-electron chi connectivity index (χ3n) is 7.10. The van der Waals surface area contributed by atoms with Gasteiger partial charge >= 0.3 is 0 Å². The number of carbonyl (C=O) groups is 4. The van der Waals surface area contributed by atoms with Gasteiger partial charge in [-0.05, 0) is 47.5 Å². The highest BCUT2D eigenvalue weighted by molar-refractivity contribution is 6.06. The van der Waals surface area contributed by atoms with E-state index in [0.717, 1.165) is 11.1 Å². The lowest BCUT2D eigenvalue weighted by atomic mass is 10.1. The zero-order valence-electron chi connectivity index (χ0n) is 24.1. The Morgan fingerprint density at radius 1 is 0.455 bits per heavy atom. The van der Waals surface area contributed by atoms with Crippen molar-refractivity contribution in [3.8, 4) is 0 Å². The monoisotopic (exact) mass is 584 g/mol. The van der Waals surface area contributed by atoms with Crippen molar-refractivity contribution in [2.75, 3.05) is 26.2 Å². The molecule has 2 N–H and O–H groups in total. The third-order valence-corrected chi connectivity index (χ3v) is 7.10. The Bertz CT molecular complexity index is 1540. The summed E-state index contributed by atoms with van der Waals surface area (Å²) in [4.78, 5) is 56.6. The maximum Gasteiger partial charge on any atom is 0.270 e. The van der Waals surface area contributed by atoms with E-state index in [0.29, 0.717) is 11.1 Å². The number of amides is 4. The average molecular weight is 585 g/mol. The van der Waals surface area contributed by atoms with Gasteiger partial charge in [0.2, 0.25) is 0 Å². The van der Waals surface area contributed by atoms with E-state index in [1.807, 2.05) is 72.8 Å². The molecule has 0 spiro atoms. The molecule has 4 aromatic rings. The van der Waals surface area contributed by atoms with Crippen molar-refractivity contribution in [2.24, 2.45) is 0 Å². The van der Waals surface area contributed by atoms with E-state index in [1.54, 1.807) is 70.5 Å². The van der Waals surface area contributed by atoms with Crippen molar-refractivity contribution < 1.29 is 19.2 Å². The van der Waals surface area contributed by atoms with E-state index in [-0.39, 0.29) is 61.2 Å². The van der Waals surface area contributed by atoms with Crippen LogP contribution in [0, 0.1) is 0 Å². The second-order valence-electron chi connectivity index (χ2n) is 10.2. The fraction of sp³-hybridized carbons (Fsp3) is 0.111. The minimum absolute atomic E-state index is 0.143. The van der Waals surface area contributed by atoms with E-state index in [9.17, 15) is 19.2 Å². The summed E-state index contributed by atoms with van der Waals surface area (Å²) < 4.78 is 0. The van der Waals surface area contributed by atoms with Gasteiger partial charge in [-0.15, -0.1) is 0 Å². The molecule has 4 aromatic carbocycles. The number of benzene rings is 4. The molecule has 1 fully saturated rings. The van der Waals surface area contributed by atoms with Gasteiger partial charge in [0.1, 0.15) is 11.4 Å². The van der Waals surface area contributed by atoms with Crippen LogP contribution in [-0.2, 0) is 9.59 Å². The van der Waals surface area contributed by atoms with Gasteiger partial charge in [0, 0.05) is 37.3 Å². The Hall–Kier alpha value is -5.76. The van der Waals surface area contributed by atoms with Crippen molar-refractivity contribution in [1.29, 1.82) is 0 Å². The molecule has 0 bridgehead atoms. The van der Waals surface area contributed by atoms with Crippen LogP contribution in [0.2, 0.25) is 0 Å². The molecular weight excluding hydrogens is 552 g/mol. The van der Waals surface area contributed by atoms with Crippen LogP contribution in [0.3, 0.4) is 0 Å². The maximum absolute atomic E-state index is 13.7. The molecule has 8 heteroatoms. The quantitative estimate of drug-likeness (QED) is 0.296. The van der Waals surface area contributed by atoms with Gasteiger partial charge in [0.25, 0.3) is 23.6 Å². The first-order valence-corrected chi connectivity index (χ1v) is 14.3. The Morgan fingerprint density at radius 2 is 0.750 bits per heavy atom. The van der Waals surface area contributed by atoms with Gasteiger partial charge in [-0.2, -0.15) is 0 Å². The Balaban J connectivity index is 1.31. The van der Waals surface area contributed by atoms with Crippen molar-refractivity contribution in [3.05, 3.63) is 155 Å². The SMILES string of the molecule is O=C(N/C(=C/c1ccccc1)C(=O)N1CCN(C(=O)/C(=C\c2ccccc2)NC(=O)c2ccccc2)CC1)c1ccccc1. The predicted octanol–water partition coefficient (Wildman–Crippen LogP) is 4.60. The van der Waals surface area contributed by atoms with Crippen LogP contribution in [0.5, 0.6) is 0 Å². The molecule has 0 radical (unpaired) electrons. The summed E-state index contributed by atoms with van der Waals surface area (Å²) in [6.07, 6.45) is 3.31. The summed E-state index contributed by atoms with van der Waals surface area (Å²) in [7, 11) is 0. The molecule has 5 rings (SSSR count). The zero-order valence-corrected chi connectivity index (χ0v) is 24.1. The van der Waals surface area contributed by atoms with Gasteiger partial charge in [0.05, 0.1) is 0 Å². The highest BCUT2D eigenvalue weighted by atomic mass is 16.2. The van der Waals surface area contributed by atoms with E-state index >= 15 is 0 Å². The molecule has 1 heterocycles. The van der Waals surface area contributed by atoms with Crippen LogP contribution >= 0.6 is 0 Å². The first kappa shape index (κ1) is 29.7. The van der Waals surface area contributed by atoms with Gasteiger partial charge in [0.15, 0.2) is 0 Å². The molecule has 0 aromatic heterocycles. The summed E-state index contributed by atoms with van der Waals surface area (Å²) in [5, 5.41) is 5.58. The highest BCUT2D eigenvalue weighted by Crippen LogP contribution is 2.15. The van der Waals surface area contributed by atoms with Crippen LogP contribution < -0.4 is 10.6 Å². The molecule has 1 aliphatic heterocycles. The van der Waals surface area contributed by atoms with Gasteiger partial charge in [-0.1, -0.05) is 97.1 Å². The van der Waals surface area contributed by atoms with Crippen LogP contribution in [0.1, 0.15) is 31.8 Å². The number of hydrogen-bond donors (Lipinski definition) is 2. The first-order valence-electron chi connectivity index (χ1n) is 14.3. The number of hydrogen-bond acceptors (Lipinski definition) is 4. The van der Waals surface area contributed by atoms with Crippen LogP contribution in [0.4, 0.5) is 0 Å². The Kier molecular flexibility index (Phi) is 9.74. The highest BCUT2D eigenvalue weighted by Gasteiger charge is 2.29. The van der Waals surface area contributed by atoms with E-state index in [1.165, 1.54) is 0 Å². The normalized spacial score (nSPS) is 13.6. The summed E-state index contributed by atoms with van der Waals surface area (Å²) in [6.45, 7) is 1.01. The fourth-order valence-corrected chi connectivity index (χ4v) is 4.76. The Labute approximate surface area is 256 Å². The molecule has 0 atom stereocenters. The molecule has 1 aliphatic rings. The molecule has 4 amide bonds. The lowest BCUT2D eigenvalue weighted by Crippen LogP contribution is -2.53. The van der Waals surface area contributed by atoms with Gasteiger partial charge < -0.3 is 20.4 Å². The van der Waals surface area contributed by atoms with Crippen molar-refractivity contribution in [2.45, 2.75) is 0 Å². The molecule has 0 aliphatic carbocycles. The summed E-state index contributed by atoms with van der Waals surface area (Å²) in [5.74, 6) is -1.47. The molecule has 8 nitrogen and oxygen atoms in total. The van der Waals surface area contributed by atoms with Crippen LogP contribution in [0.15, 0.2) is 133 Å². The third kappa shape index (κ3) is 7.74. The smallest absolute Gasteiger partial charge is 0.270 e. The van der Waals surface area contributed by atoms with Gasteiger partial charge in [-0.3, -0.25) is 19.2 Å². The van der Waals surface area contributed by atoms with Crippen molar-refractivity contribution in [3.63, 3.8) is 0 Å². The van der Waals surface area contributed by atoms with Gasteiger partial charge in [-0.25, -0.2) is 0 Å². The maximum atomic E-state index is 13.7. The first-order chi connectivity index (χ1) is 21.5. The van der Waals surface area contributed by atoms with Crippen LogP contribution in [-0.4, -0.2) is 59.6 Å². The molecule has 1 saturated heterocycles. The molecule has 220 valence electrons. The van der Waals surface area contributed by atoms with Crippen molar-refractivity contribution >= 4 is 35.8 Å². The lowest BCUT2D eigenvalue weighted by molar-refractivity contribution is -0.135. The number of piperazine rings is 1. The fourth-order valence-electron chi connectivity index (χ4n) is 4.76. The molecule has 0 unspecified atom stereocenters. The van der Waals surface area contributed by atoms with Crippen molar-refractivity contribution in [1.82, 2.24) is 20.4 Å². The standard InChI is InChI=1S/C36H32N4O4/c41-33(29-17-9-3-10-18-29)37-31(25-27-13-5-1-6-14-27)35(43)39-21-23-40(24-22-39)36(44)32(26-28-15-7-2-8-16-28)38-34(42)30-19-11-4-12-20-30/h1-20,25-26H,21-24H2,(H,37,41)(H,38,42)/b31-25+,32-26+. The summed E-state index contributed by atoms with van der Waals surface area (Å²) in [5.41, 5.74) is 2.69. The Morgan fingerprint density at radius 3 is 1.07 bits per heavy atom. The van der Waals surface area contributed by atoms with Crippen LogP contribution in [0.25, 0.3) is 12.2 Å². The predicted molar refractivity (Wildman–Crippen MR) is 170 cm³/mol. The largest absolute Gasteiger partial charge is 0.334 e. The second-order valence-corrected chi connectivity index (χ2v) is 10.2. The van der Waals surface area contributed by atoms with E-state index in [2.05, 4.69) is 10.6 Å².